The lowest BCUT2D eigenvalue weighted by atomic mass is 10.2. The molecule has 4 heteroatoms. The van der Waals surface area contributed by atoms with E-state index >= 15 is 0 Å². The van der Waals surface area contributed by atoms with E-state index in [1.54, 1.807) is 12.1 Å². The zero-order chi connectivity index (χ0) is 14.5. The zero-order valence-electron chi connectivity index (χ0n) is 11.8. The summed E-state index contributed by atoms with van der Waals surface area (Å²) in [5, 5.41) is 0. The number of hydrogen-bond acceptors (Lipinski definition) is 3. The molecule has 2 aromatic rings. The van der Waals surface area contributed by atoms with Crippen LogP contribution in [0.15, 0.2) is 47.4 Å². The molecule has 2 rings (SSSR count). The van der Waals surface area contributed by atoms with Crippen molar-refractivity contribution in [1.82, 2.24) is 0 Å². The first-order valence-electron chi connectivity index (χ1n) is 6.62. The van der Waals surface area contributed by atoms with E-state index in [1.807, 2.05) is 44.2 Å². The van der Waals surface area contributed by atoms with Gasteiger partial charge in [0.15, 0.2) is 0 Å². The number of benzene rings is 2. The van der Waals surface area contributed by atoms with Gasteiger partial charge >= 0.3 is 0 Å². The molecule has 106 valence electrons. The fourth-order valence-electron chi connectivity index (χ4n) is 1.86. The minimum atomic E-state index is -0.967. The van der Waals surface area contributed by atoms with Gasteiger partial charge in [-0.15, -0.1) is 0 Å². The molecule has 2 aromatic carbocycles. The van der Waals surface area contributed by atoms with Gasteiger partial charge in [-0.3, -0.25) is 4.21 Å². The van der Waals surface area contributed by atoms with Crippen molar-refractivity contribution in [2.45, 2.75) is 25.2 Å². The summed E-state index contributed by atoms with van der Waals surface area (Å²) in [5.74, 6) is 2.08. The minimum absolute atomic E-state index is 0.673. The van der Waals surface area contributed by atoms with Crippen LogP contribution in [0.4, 0.5) is 5.69 Å². The zero-order valence-corrected chi connectivity index (χ0v) is 12.6. The molecule has 3 nitrogen and oxygen atoms in total. The maximum absolute atomic E-state index is 12.2. The molecule has 20 heavy (non-hydrogen) atoms. The first-order valence-corrected chi connectivity index (χ1v) is 7.94. The lowest BCUT2D eigenvalue weighted by Gasteiger charge is -2.10. The Morgan fingerprint density at radius 2 is 1.75 bits per heavy atom. The number of nitrogens with two attached hydrogens (primary N) is 1. The summed E-state index contributed by atoms with van der Waals surface area (Å²) in [5.41, 5.74) is 7.37. The highest BCUT2D eigenvalue weighted by molar-refractivity contribution is 7.85. The molecule has 0 aliphatic carbocycles. The van der Waals surface area contributed by atoms with Crippen molar-refractivity contribution in [3.05, 3.63) is 48.0 Å². The maximum Gasteiger partial charge on any atom is 0.128 e. The Bertz CT molecular complexity index is 608. The molecule has 0 heterocycles. The van der Waals surface area contributed by atoms with Gasteiger partial charge in [-0.2, -0.15) is 0 Å². The van der Waals surface area contributed by atoms with Gasteiger partial charge < -0.3 is 10.5 Å². The van der Waals surface area contributed by atoms with Crippen LogP contribution in [0.5, 0.6) is 11.5 Å². The molecule has 0 aliphatic rings. The Labute approximate surface area is 122 Å². The van der Waals surface area contributed by atoms with E-state index in [0.717, 1.165) is 22.6 Å². The van der Waals surface area contributed by atoms with E-state index in [0.29, 0.717) is 17.2 Å². The predicted octanol–water partition coefficient (Wildman–Crippen LogP) is 3.89. The average Bonchev–Trinajstić information content (AvgIpc) is 2.43. The van der Waals surface area contributed by atoms with Crippen LogP contribution in [-0.2, 0) is 10.8 Å². The highest BCUT2D eigenvalue weighted by Gasteiger charge is 2.08. The van der Waals surface area contributed by atoms with Gasteiger partial charge in [-0.05, 0) is 55.3 Å². The second kappa shape index (κ2) is 6.57. The Morgan fingerprint density at radius 3 is 2.40 bits per heavy atom. The fourth-order valence-corrected chi connectivity index (χ4v) is 3.12. The van der Waals surface area contributed by atoms with Gasteiger partial charge in [0.2, 0.25) is 0 Å². The van der Waals surface area contributed by atoms with Gasteiger partial charge in [0.1, 0.15) is 11.5 Å². The van der Waals surface area contributed by atoms with E-state index in [-0.39, 0.29) is 0 Å². The van der Waals surface area contributed by atoms with Crippen molar-refractivity contribution in [3.63, 3.8) is 0 Å². The highest BCUT2D eigenvalue weighted by atomic mass is 32.2. The number of anilines is 1. The van der Waals surface area contributed by atoms with Gasteiger partial charge in [-0.25, -0.2) is 0 Å². The van der Waals surface area contributed by atoms with E-state index in [4.69, 9.17) is 10.5 Å². The summed E-state index contributed by atoms with van der Waals surface area (Å²) in [7, 11) is -0.967. The van der Waals surface area contributed by atoms with E-state index in [9.17, 15) is 4.21 Å². The van der Waals surface area contributed by atoms with Crippen LogP contribution in [-0.4, -0.2) is 9.96 Å². The van der Waals surface area contributed by atoms with E-state index < -0.39 is 10.8 Å². The molecule has 2 N–H and O–H groups in total. The summed E-state index contributed by atoms with van der Waals surface area (Å²) in [6, 6.07) is 12.9. The summed E-state index contributed by atoms with van der Waals surface area (Å²) in [6.07, 6.45) is 0.898. The lowest BCUT2D eigenvalue weighted by Crippen LogP contribution is -1.99. The van der Waals surface area contributed by atoms with Crippen LogP contribution in [0.3, 0.4) is 0 Å². The lowest BCUT2D eigenvalue weighted by molar-refractivity contribution is 0.481. The molecule has 0 aliphatic heterocycles. The van der Waals surface area contributed by atoms with Crippen molar-refractivity contribution in [2.24, 2.45) is 0 Å². The normalized spacial score (nSPS) is 12.1. The van der Waals surface area contributed by atoms with Crippen LogP contribution in [0.2, 0.25) is 0 Å². The van der Waals surface area contributed by atoms with Gasteiger partial charge in [0.25, 0.3) is 0 Å². The van der Waals surface area contributed by atoms with Crippen LogP contribution < -0.4 is 10.5 Å². The first kappa shape index (κ1) is 14.6. The smallest absolute Gasteiger partial charge is 0.128 e. The van der Waals surface area contributed by atoms with Gasteiger partial charge in [0.05, 0.1) is 10.8 Å². The maximum atomic E-state index is 12.2. The largest absolute Gasteiger partial charge is 0.457 e. The molecule has 0 spiro atoms. The van der Waals surface area contributed by atoms with Crippen LogP contribution in [0.1, 0.15) is 18.9 Å². The predicted molar refractivity (Wildman–Crippen MR) is 83.7 cm³/mol. The number of rotatable bonds is 5. The van der Waals surface area contributed by atoms with Crippen LogP contribution in [0, 0.1) is 6.92 Å². The van der Waals surface area contributed by atoms with Gasteiger partial charge in [-0.1, -0.05) is 13.0 Å². The second-order valence-corrected chi connectivity index (χ2v) is 6.19. The van der Waals surface area contributed by atoms with E-state index in [1.165, 1.54) is 0 Å². The van der Waals surface area contributed by atoms with Crippen LogP contribution >= 0.6 is 0 Å². The molecule has 0 radical (unpaired) electrons. The fraction of sp³-hybridized carbons (Fsp3) is 0.250. The summed E-state index contributed by atoms with van der Waals surface area (Å²) >= 11 is 0. The van der Waals surface area contributed by atoms with Crippen molar-refractivity contribution < 1.29 is 8.95 Å². The molecule has 0 saturated carbocycles. The van der Waals surface area contributed by atoms with Crippen molar-refractivity contribution >= 4 is 16.5 Å². The van der Waals surface area contributed by atoms with E-state index in [2.05, 4.69) is 0 Å². The molecular formula is C16H19NO2S. The third-order valence-corrected chi connectivity index (χ3v) is 4.62. The standard InChI is InChI=1S/C16H19NO2S/c1-3-10-20(18)16-11-15(7-4-12(16)2)19-14-8-5-13(17)6-9-14/h4-9,11H,3,10,17H2,1-2H3. The number of nitrogen functional groups attached to an aromatic ring is 1. The summed E-state index contributed by atoms with van der Waals surface area (Å²) in [6.45, 7) is 4.00. The number of ether oxygens (including phenoxy) is 1. The Kier molecular flexibility index (Phi) is 4.79. The number of aryl methyl sites for hydroxylation is 1. The quantitative estimate of drug-likeness (QED) is 0.850. The summed E-state index contributed by atoms with van der Waals surface area (Å²) < 4.78 is 17.9. The third kappa shape index (κ3) is 3.61. The summed E-state index contributed by atoms with van der Waals surface area (Å²) in [4.78, 5) is 0.847. The molecule has 0 saturated heterocycles. The van der Waals surface area contributed by atoms with Gasteiger partial charge in [0, 0.05) is 16.3 Å². The molecule has 0 bridgehead atoms. The second-order valence-electron chi connectivity index (χ2n) is 4.65. The van der Waals surface area contributed by atoms with Crippen LogP contribution in [0.25, 0.3) is 0 Å². The van der Waals surface area contributed by atoms with Crippen molar-refractivity contribution in [3.8, 4) is 11.5 Å². The first-order chi connectivity index (χ1) is 9.60. The molecular weight excluding hydrogens is 270 g/mol. The Balaban J connectivity index is 2.22. The molecule has 0 aromatic heterocycles. The molecule has 1 atom stereocenters. The topological polar surface area (TPSA) is 52.3 Å². The van der Waals surface area contributed by atoms with Crippen molar-refractivity contribution in [2.75, 3.05) is 11.5 Å². The minimum Gasteiger partial charge on any atom is -0.457 e. The molecule has 0 amide bonds. The monoisotopic (exact) mass is 289 g/mol. The molecule has 0 fully saturated rings. The Morgan fingerprint density at radius 1 is 1.10 bits per heavy atom. The average molecular weight is 289 g/mol. The highest BCUT2D eigenvalue weighted by Crippen LogP contribution is 2.26. The SMILES string of the molecule is CCCS(=O)c1cc(Oc2ccc(N)cc2)ccc1C. The molecule has 1 unspecified atom stereocenters. The third-order valence-electron chi connectivity index (χ3n) is 2.91. The number of hydrogen-bond donors (Lipinski definition) is 1. The Hall–Kier alpha value is -1.81. The van der Waals surface area contributed by atoms with Crippen molar-refractivity contribution in [1.29, 1.82) is 0 Å².